The second kappa shape index (κ2) is 10.5. The number of nitrogens with zero attached hydrogens (tertiary/aromatic N) is 2. The van der Waals surface area contributed by atoms with E-state index in [2.05, 4.69) is 67.2 Å². The molecule has 2 N–H and O–H groups in total. The fraction of sp³-hybridized carbons (Fsp3) is 0.500. The summed E-state index contributed by atoms with van der Waals surface area (Å²) in [6.07, 6.45) is 2.85. The highest BCUT2D eigenvalue weighted by atomic mass is 16.2. The van der Waals surface area contributed by atoms with E-state index in [1.54, 1.807) is 20.2 Å². The van der Waals surface area contributed by atoms with Gasteiger partial charge in [0.1, 0.15) is 6.54 Å². The number of hydrogen-bond acceptors (Lipinski definition) is 2. The number of hydrogen-bond donors (Lipinski definition) is 2. The van der Waals surface area contributed by atoms with Crippen molar-refractivity contribution in [3.05, 3.63) is 48.0 Å². The zero-order chi connectivity index (χ0) is 18.8. The predicted molar refractivity (Wildman–Crippen MR) is 106 cm³/mol. The maximum absolute atomic E-state index is 11.7. The molecular formula is C20H32N4O. The van der Waals surface area contributed by atoms with Gasteiger partial charge in [-0.2, -0.15) is 0 Å². The molecule has 0 fully saturated rings. The van der Waals surface area contributed by atoms with Gasteiger partial charge in [0.25, 0.3) is 0 Å². The lowest BCUT2D eigenvalue weighted by Gasteiger charge is -2.19. The Kier molecular flexibility index (Phi) is 8.75. The van der Waals surface area contributed by atoms with Gasteiger partial charge < -0.3 is 15.5 Å². The lowest BCUT2D eigenvalue weighted by molar-refractivity contribution is -0.127. The van der Waals surface area contributed by atoms with E-state index in [0.717, 1.165) is 6.42 Å². The highest BCUT2D eigenvalue weighted by Crippen LogP contribution is 2.15. The van der Waals surface area contributed by atoms with Crippen molar-refractivity contribution < 1.29 is 4.79 Å². The van der Waals surface area contributed by atoms with Gasteiger partial charge in [-0.05, 0) is 30.4 Å². The molecule has 1 aromatic carbocycles. The van der Waals surface area contributed by atoms with Crippen molar-refractivity contribution in [2.45, 2.75) is 33.2 Å². The molecule has 0 spiro atoms. The highest BCUT2D eigenvalue weighted by molar-refractivity contribution is 5.85. The number of rotatable bonds is 8. The topological polar surface area (TPSA) is 56.7 Å². The number of benzene rings is 1. The first-order chi connectivity index (χ1) is 11.8. The van der Waals surface area contributed by atoms with Crippen LogP contribution in [0.2, 0.25) is 0 Å². The third-order valence-electron chi connectivity index (χ3n) is 3.76. The molecule has 25 heavy (non-hydrogen) atoms. The van der Waals surface area contributed by atoms with E-state index in [0.29, 0.717) is 18.4 Å². The average molecular weight is 345 g/mol. The second-order valence-corrected chi connectivity index (χ2v) is 6.83. The van der Waals surface area contributed by atoms with Crippen molar-refractivity contribution in [2.75, 3.05) is 27.2 Å². The van der Waals surface area contributed by atoms with Gasteiger partial charge in [0.2, 0.25) is 5.91 Å². The summed E-state index contributed by atoms with van der Waals surface area (Å²) in [6.45, 7) is 10.9. The number of amides is 1. The molecular weight excluding hydrogens is 312 g/mol. The zero-order valence-corrected chi connectivity index (χ0v) is 16.2. The Bertz CT molecular complexity index is 576. The van der Waals surface area contributed by atoms with Crippen LogP contribution in [-0.4, -0.2) is 44.0 Å². The molecule has 0 aliphatic carbocycles. The smallest absolute Gasteiger partial charge is 0.243 e. The maximum atomic E-state index is 11.7. The monoisotopic (exact) mass is 344 g/mol. The zero-order valence-electron chi connectivity index (χ0n) is 16.2. The Morgan fingerprint density at radius 1 is 1.24 bits per heavy atom. The van der Waals surface area contributed by atoms with E-state index in [9.17, 15) is 4.79 Å². The summed E-state index contributed by atoms with van der Waals surface area (Å²) in [5.41, 5.74) is 2.53. The van der Waals surface area contributed by atoms with Gasteiger partial charge in [-0.1, -0.05) is 44.2 Å². The standard InChI is InChI=1S/C20H32N4O/c1-7-12-21-20(22-14-19(25)24(5)6)23-16(4)18-10-8-17(9-11-18)13-15(2)3/h7-11,15-16H,1,12-14H2,2-6H3,(H2,21,22,23). The third kappa shape index (κ3) is 7.88. The molecule has 1 unspecified atom stereocenters. The largest absolute Gasteiger partial charge is 0.353 e. The van der Waals surface area contributed by atoms with E-state index in [1.165, 1.54) is 16.0 Å². The van der Waals surface area contributed by atoms with E-state index < -0.39 is 0 Å². The number of aliphatic imine (C=N–C) groups is 1. The van der Waals surface area contributed by atoms with Crippen molar-refractivity contribution in [3.63, 3.8) is 0 Å². The summed E-state index contributed by atoms with van der Waals surface area (Å²) >= 11 is 0. The second-order valence-electron chi connectivity index (χ2n) is 6.83. The molecule has 0 heterocycles. The van der Waals surface area contributed by atoms with Crippen LogP contribution in [0.5, 0.6) is 0 Å². The van der Waals surface area contributed by atoms with Gasteiger partial charge in [-0.25, -0.2) is 4.99 Å². The van der Waals surface area contributed by atoms with E-state index in [1.807, 2.05) is 0 Å². The molecule has 5 nitrogen and oxygen atoms in total. The van der Waals surface area contributed by atoms with Crippen LogP contribution in [-0.2, 0) is 11.2 Å². The minimum atomic E-state index is -0.0367. The molecule has 1 atom stereocenters. The minimum Gasteiger partial charge on any atom is -0.353 e. The lowest BCUT2D eigenvalue weighted by Crippen LogP contribution is -2.39. The molecule has 0 radical (unpaired) electrons. The molecule has 5 heteroatoms. The van der Waals surface area contributed by atoms with Crippen molar-refractivity contribution in [1.82, 2.24) is 15.5 Å². The Balaban J connectivity index is 2.75. The normalized spacial score (nSPS) is 12.6. The van der Waals surface area contributed by atoms with E-state index in [4.69, 9.17) is 0 Å². The van der Waals surface area contributed by atoms with Gasteiger partial charge in [0.05, 0.1) is 6.04 Å². The first-order valence-electron chi connectivity index (χ1n) is 8.78. The Morgan fingerprint density at radius 2 is 1.88 bits per heavy atom. The van der Waals surface area contributed by atoms with Crippen LogP contribution in [0.4, 0.5) is 0 Å². The van der Waals surface area contributed by atoms with Crippen LogP contribution in [0.3, 0.4) is 0 Å². The first-order valence-corrected chi connectivity index (χ1v) is 8.78. The van der Waals surface area contributed by atoms with E-state index >= 15 is 0 Å². The maximum Gasteiger partial charge on any atom is 0.243 e. The molecule has 1 rings (SSSR count). The SMILES string of the molecule is C=CCNC(=NCC(=O)N(C)C)NC(C)c1ccc(CC(C)C)cc1. The number of carbonyl (C=O) groups excluding carboxylic acids is 1. The quantitative estimate of drug-likeness (QED) is 0.433. The first kappa shape index (κ1) is 20.7. The molecule has 1 aromatic rings. The Hall–Kier alpha value is -2.30. The summed E-state index contributed by atoms with van der Waals surface area (Å²) in [5, 5.41) is 6.49. The summed E-state index contributed by atoms with van der Waals surface area (Å²) in [4.78, 5) is 17.6. The molecule has 0 aromatic heterocycles. The molecule has 138 valence electrons. The number of likely N-dealkylation sites (N-methyl/N-ethyl adjacent to an activating group) is 1. The van der Waals surface area contributed by atoms with Crippen molar-refractivity contribution in [1.29, 1.82) is 0 Å². The van der Waals surface area contributed by atoms with Gasteiger partial charge in [0, 0.05) is 20.6 Å². The molecule has 0 aliphatic rings. The number of guanidine groups is 1. The Morgan fingerprint density at radius 3 is 2.40 bits per heavy atom. The summed E-state index contributed by atoms with van der Waals surface area (Å²) in [5.74, 6) is 1.22. The minimum absolute atomic E-state index is 0.0367. The Labute approximate surface area is 152 Å². The molecule has 0 saturated heterocycles. The van der Waals surface area contributed by atoms with Gasteiger partial charge >= 0.3 is 0 Å². The van der Waals surface area contributed by atoms with Crippen molar-refractivity contribution in [3.8, 4) is 0 Å². The van der Waals surface area contributed by atoms with Gasteiger partial charge in [0.15, 0.2) is 5.96 Å². The molecule has 0 bridgehead atoms. The number of nitrogens with one attached hydrogen (secondary N) is 2. The lowest BCUT2D eigenvalue weighted by atomic mass is 10.00. The summed E-state index contributed by atoms with van der Waals surface area (Å²) < 4.78 is 0. The van der Waals surface area contributed by atoms with Crippen molar-refractivity contribution >= 4 is 11.9 Å². The van der Waals surface area contributed by atoms with Crippen LogP contribution in [0.25, 0.3) is 0 Å². The fourth-order valence-electron chi connectivity index (χ4n) is 2.31. The van der Waals surface area contributed by atoms with E-state index in [-0.39, 0.29) is 18.5 Å². The van der Waals surface area contributed by atoms with Crippen molar-refractivity contribution in [2.24, 2.45) is 10.9 Å². The number of carbonyl (C=O) groups is 1. The fourth-order valence-corrected chi connectivity index (χ4v) is 2.31. The summed E-state index contributed by atoms with van der Waals surface area (Å²) in [7, 11) is 3.45. The van der Waals surface area contributed by atoms with Crippen LogP contribution >= 0.6 is 0 Å². The van der Waals surface area contributed by atoms with Crippen LogP contribution in [0.15, 0.2) is 41.9 Å². The molecule has 0 aliphatic heterocycles. The average Bonchev–Trinajstić information content (AvgIpc) is 2.56. The predicted octanol–water partition coefficient (Wildman–Crippen LogP) is 2.76. The third-order valence-corrected chi connectivity index (χ3v) is 3.76. The van der Waals surface area contributed by atoms with Gasteiger partial charge in [-0.3, -0.25) is 4.79 Å². The van der Waals surface area contributed by atoms with Crippen LogP contribution < -0.4 is 10.6 Å². The van der Waals surface area contributed by atoms with Crippen LogP contribution in [0, 0.1) is 5.92 Å². The van der Waals surface area contributed by atoms with Crippen LogP contribution in [0.1, 0.15) is 37.9 Å². The van der Waals surface area contributed by atoms with Gasteiger partial charge in [-0.15, -0.1) is 6.58 Å². The molecule has 1 amide bonds. The molecule has 0 saturated carbocycles. The highest BCUT2D eigenvalue weighted by Gasteiger charge is 2.09. The summed E-state index contributed by atoms with van der Waals surface area (Å²) in [6, 6.07) is 8.73.